The molecular formula is C38H60N6O12S. The van der Waals surface area contributed by atoms with E-state index in [0.29, 0.717) is 162 Å². The highest BCUT2D eigenvalue weighted by molar-refractivity contribution is 7.98. The molecular weight excluding hydrogens is 765 g/mol. The molecule has 2 aromatic rings. The van der Waals surface area contributed by atoms with Gasteiger partial charge in [0.15, 0.2) is 16.7 Å². The number of hydrogen-bond donors (Lipinski definition) is 1. The Labute approximate surface area is 340 Å². The van der Waals surface area contributed by atoms with Gasteiger partial charge in [0, 0.05) is 38.3 Å². The molecule has 0 aliphatic rings. The summed E-state index contributed by atoms with van der Waals surface area (Å²) < 4.78 is 50.6. The minimum Gasteiger partial charge on any atom is -0.379 e. The van der Waals surface area contributed by atoms with Crippen LogP contribution in [-0.2, 0) is 70.1 Å². The lowest BCUT2D eigenvalue weighted by molar-refractivity contribution is -0.128. The number of thioether (sulfide) groups is 1. The molecule has 1 amide bonds. The van der Waals surface area contributed by atoms with Gasteiger partial charge < -0.3 is 47.9 Å². The van der Waals surface area contributed by atoms with E-state index in [4.69, 9.17) is 42.6 Å². The maximum absolute atomic E-state index is 12.1. The lowest BCUT2D eigenvalue weighted by Gasteiger charge is -2.09. The number of Topliss-reactive ketones (excluding diaryl/α,β-unsaturated/α-hetero) is 2. The molecule has 0 radical (unpaired) electrons. The summed E-state index contributed by atoms with van der Waals surface area (Å²) in [7, 11) is 0. The van der Waals surface area contributed by atoms with Gasteiger partial charge in [-0.05, 0) is 26.0 Å². The lowest BCUT2D eigenvalue weighted by atomic mass is 10.2. The van der Waals surface area contributed by atoms with Crippen LogP contribution in [0.5, 0.6) is 0 Å². The third-order valence-electron chi connectivity index (χ3n) is 7.18. The van der Waals surface area contributed by atoms with Crippen molar-refractivity contribution < 1.29 is 57.0 Å². The summed E-state index contributed by atoms with van der Waals surface area (Å²) >= 11 is 1.48. The number of unbranched alkanes of at least 4 members (excludes halogenated alkanes) is 1. The minimum atomic E-state index is -0.101. The summed E-state index contributed by atoms with van der Waals surface area (Å²) in [6, 6.07) is 0. The molecule has 0 saturated heterocycles. The fraction of sp³-hybridized carbons (Fsp3) is 0.711. The van der Waals surface area contributed by atoms with Gasteiger partial charge in [0.1, 0.15) is 18.9 Å². The number of ether oxygens (including phenoxy) is 9. The third-order valence-corrected chi connectivity index (χ3v) is 7.76. The van der Waals surface area contributed by atoms with Crippen LogP contribution in [0.3, 0.4) is 0 Å². The predicted molar refractivity (Wildman–Crippen MR) is 209 cm³/mol. The van der Waals surface area contributed by atoms with Gasteiger partial charge in [0.25, 0.3) is 0 Å². The maximum Gasteiger partial charge on any atom is 0.220 e. The van der Waals surface area contributed by atoms with Crippen molar-refractivity contribution in [3.8, 4) is 11.8 Å². The molecule has 2 heterocycles. The second-order valence-electron chi connectivity index (χ2n) is 12.1. The zero-order valence-corrected chi connectivity index (χ0v) is 34.3. The number of carbonyl (C=O) groups excluding carboxylic acids is 3. The summed E-state index contributed by atoms with van der Waals surface area (Å²) in [6.45, 7) is 9.59. The summed E-state index contributed by atoms with van der Waals surface area (Å²) in [6.07, 6.45) is 9.72. The van der Waals surface area contributed by atoms with Crippen LogP contribution in [0.25, 0.3) is 0 Å². The first-order valence-electron chi connectivity index (χ1n) is 19.2. The Morgan fingerprint density at radius 3 is 1.74 bits per heavy atom. The number of rotatable bonds is 38. The first-order chi connectivity index (χ1) is 28.0. The van der Waals surface area contributed by atoms with E-state index in [1.165, 1.54) is 18.7 Å². The van der Waals surface area contributed by atoms with Crippen molar-refractivity contribution in [2.75, 3.05) is 125 Å². The molecule has 0 fully saturated rings. The number of hydrogen-bond acceptors (Lipinski definition) is 17. The van der Waals surface area contributed by atoms with Crippen LogP contribution in [0.1, 0.15) is 50.3 Å². The van der Waals surface area contributed by atoms with Crippen LogP contribution < -0.4 is 5.32 Å². The molecule has 0 aliphatic heterocycles. The molecule has 2 rings (SSSR count). The third kappa shape index (κ3) is 30.3. The van der Waals surface area contributed by atoms with E-state index < -0.39 is 0 Å². The van der Waals surface area contributed by atoms with E-state index in [1.807, 2.05) is 6.26 Å². The van der Waals surface area contributed by atoms with Crippen LogP contribution in [0, 0.1) is 11.8 Å². The Kier molecular flexibility index (Phi) is 31.2. The van der Waals surface area contributed by atoms with Gasteiger partial charge in [-0.15, -0.1) is 5.10 Å². The van der Waals surface area contributed by atoms with Crippen LogP contribution >= 0.6 is 11.8 Å². The Morgan fingerprint density at radius 2 is 1.21 bits per heavy atom. The number of aromatic nitrogens is 5. The second kappa shape index (κ2) is 35.7. The van der Waals surface area contributed by atoms with Gasteiger partial charge in [-0.3, -0.25) is 14.4 Å². The first-order valence-corrected chi connectivity index (χ1v) is 20.4. The Balaban J connectivity index is 1.24. The zero-order valence-electron chi connectivity index (χ0n) is 33.5. The standard InChI is InChI=1S/C38H60N6O12S/c1-33(45)31-56-32-36(46)8-6-11-48-13-15-50-17-19-52-21-23-54-25-26-55-24-22-53-20-18-51-16-14-49-12-10-44-30-35(42-43-44)29-39-37(47)9-5-3-4-7-34-27-40-38(57-2)41-28-34/h27-28,30H,3,5-6,8-26,29,31-32H2,1-2H3,(H,39,47). The average Bonchev–Trinajstić information content (AvgIpc) is 3.67. The van der Waals surface area contributed by atoms with Crippen molar-refractivity contribution in [1.29, 1.82) is 0 Å². The lowest BCUT2D eigenvalue weighted by Crippen LogP contribution is -2.22. The Bertz CT molecular complexity index is 1390. The van der Waals surface area contributed by atoms with E-state index in [0.717, 1.165) is 5.56 Å². The molecule has 57 heavy (non-hydrogen) atoms. The molecule has 19 heteroatoms. The molecule has 0 spiro atoms. The van der Waals surface area contributed by atoms with Crippen LogP contribution in [0.15, 0.2) is 23.7 Å². The number of ketones is 2. The molecule has 1 N–H and O–H groups in total. The van der Waals surface area contributed by atoms with E-state index in [9.17, 15) is 14.4 Å². The highest BCUT2D eigenvalue weighted by Crippen LogP contribution is 2.06. The quantitative estimate of drug-likeness (QED) is 0.0443. The fourth-order valence-electron chi connectivity index (χ4n) is 4.35. The Hall–Kier alpha value is -3.42. The number of nitrogens with one attached hydrogen (secondary N) is 1. The molecule has 0 saturated carbocycles. The highest BCUT2D eigenvalue weighted by Gasteiger charge is 2.06. The van der Waals surface area contributed by atoms with Crippen LogP contribution in [0.4, 0.5) is 0 Å². The minimum absolute atomic E-state index is 0.0299. The van der Waals surface area contributed by atoms with E-state index in [2.05, 4.69) is 37.4 Å². The normalized spacial score (nSPS) is 11.1. The molecule has 0 aliphatic carbocycles. The summed E-state index contributed by atoms with van der Waals surface area (Å²) in [5.41, 5.74) is 1.44. The van der Waals surface area contributed by atoms with Gasteiger partial charge in [-0.25, -0.2) is 14.6 Å². The largest absolute Gasteiger partial charge is 0.379 e. The van der Waals surface area contributed by atoms with Gasteiger partial charge >= 0.3 is 0 Å². The molecule has 0 bridgehead atoms. The zero-order chi connectivity index (χ0) is 40.9. The highest BCUT2D eigenvalue weighted by atomic mass is 32.2. The van der Waals surface area contributed by atoms with Gasteiger partial charge in [-0.1, -0.05) is 28.8 Å². The molecule has 0 aromatic carbocycles. The predicted octanol–water partition coefficient (Wildman–Crippen LogP) is 1.72. The number of carbonyl (C=O) groups is 3. The Morgan fingerprint density at radius 1 is 0.684 bits per heavy atom. The maximum atomic E-state index is 12.1. The number of nitrogens with zero attached hydrogens (tertiary/aromatic N) is 5. The SMILES string of the molecule is CSc1ncc(C#CCCCC(=O)NCc2cn(CCOCCOCCOCCOCCOCCOCCOCCOCCCC(=O)COCC(C)=O)nn2)cn1. The van der Waals surface area contributed by atoms with Crippen molar-refractivity contribution in [2.24, 2.45) is 0 Å². The second-order valence-corrected chi connectivity index (χ2v) is 12.9. The van der Waals surface area contributed by atoms with Crippen molar-refractivity contribution in [1.82, 2.24) is 30.3 Å². The van der Waals surface area contributed by atoms with Crippen molar-refractivity contribution >= 4 is 29.2 Å². The molecule has 320 valence electrons. The van der Waals surface area contributed by atoms with E-state index in [1.54, 1.807) is 23.3 Å². The summed E-state index contributed by atoms with van der Waals surface area (Å²) in [5.74, 6) is 5.86. The fourth-order valence-corrected chi connectivity index (χ4v) is 4.66. The molecule has 0 unspecified atom stereocenters. The first kappa shape index (κ1) is 49.7. The van der Waals surface area contributed by atoms with Crippen LogP contribution in [-0.4, -0.2) is 168 Å². The van der Waals surface area contributed by atoms with Gasteiger partial charge in [0.2, 0.25) is 5.91 Å². The summed E-state index contributed by atoms with van der Waals surface area (Å²) in [5, 5.41) is 11.7. The van der Waals surface area contributed by atoms with Gasteiger partial charge in [0.05, 0.1) is 124 Å². The van der Waals surface area contributed by atoms with Crippen molar-refractivity contribution in [3.63, 3.8) is 0 Å². The summed E-state index contributed by atoms with van der Waals surface area (Å²) in [4.78, 5) is 42.9. The topological polar surface area (TPSA) is 203 Å². The van der Waals surface area contributed by atoms with E-state index >= 15 is 0 Å². The monoisotopic (exact) mass is 824 g/mol. The van der Waals surface area contributed by atoms with Gasteiger partial charge in [-0.2, -0.15) is 0 Å². The van der Waals surface area contributed by atoms with E-state index in [-0.39, 0.29) is 30.7 Å². The molecule has 18 nitrogen and oxygen atoms in total. The smallest absolute Gasteiger partial charge is 0.220 e. The molecule has 2 aromatic heterocycles. The molecule has 0 atom stereocenters. The number of amides is 1. The van der Waals surface area contributed by atoms with Crippen molar-refractivity contribution in [2.45, 2.75) is 57.3 Å². The average molecular weight is 825 g/mol. The van der Waals surface area contributed by atoms with Crippen LogP contribution in [0.2, 0.25) is 0 Å². The van der Waals surface area contributed by atoms with Crippen molar-refractivity contribution in [3.05, 3.63) is 29.8 Å².